The first-order valence-electron chi connectivity index (χ1n) is 3.52. The first kappa shape index (κ1) is 9.64. The van der Waals surface area contributed by atoms with Crippen molar-refractivity contribution < 1.29 is 10.2 Å². The fourth-order valence-electron chi connectivity index (χ4n) is 0.789. The molecular formula is C8H10BrNO2. The van der Waals surface area contributed by atoms with Crippen molar-refractivity contribution >= 4 is 15.9 Å². The molecule has 0 saturated heterocycles. The summed E-state index contributed by atoms with van der Waals surface area (Å²) in [4.78, 5) is 4.02. The van der Waals surface area contributed by atoms with Crippen molar-refractivity contribution in [3.8, 4) is 0 Å². The molecule has 0 saturated carbocycles. The number of aromatic nitrogens is 1. The number of halogens is 1. The second-order valence-electron chi connectivity index (χ2n) is 2.78. The average molecular weight is 232 g/mol. The minimum absolute atomic E-state index is 0.337. The van der Waals surface area contributed by atoms with Gasteiger partial charge < -0.3 is 10.2 Å². The number of pyridine rings is 1. The molecule has 0 amide bonds. The van der Waals surface area contributed by atoms with Crippen molar-refractivity contribution in [1.82, 2.24) is 4.98 Å². The predicted octanol–water partition coefficient (Wildman–Crippen LogP) is 1.04. The molecule has 1 rings (SSSR count). The van der Waals surface area contributed by atoms with Gasteiger partial charge in [-0.1, -0.05) is 6.07 Å². The minimum Gasteiger partial charge on any atom is -0.393 e. The quantitative estimate of drug-likeness (QED) is 0.749. The van der Waals surface area contributed by atoms with E-state index < -0.39 is 5.60 Å². The summed E-state index contributed by atoms with van der Waals surface area (Å²) in [7, 11) is 0. The van der Waals surface area contributed by atoms with Crippen LogP contribution in [0.5, 0.6) is 0 Å². The summed E-state index contributed by atoms with van der Waals surface area (Å²) in [5.74, 6) is 0. The molecule has 2 N–H and O–H groups in total. The molecule has 12 heavy (non-hydrogen) atoms. The third kappa shape index (κ3) is 2.03. The number of hydrogen-bond donors (Lipinski definition) is 2. The standard InChI is InChI=1S/C8H10BrNO2/c1-8(12,5-11)6-3-2-4-7(9)10-6/h2-4,11-12H,5H2,1H3/t8-/m0/s1. The van der Waals surface area contributed by atoms with Crippen LogP contribution in [0.15, 0.2) is 22.8 Å². The number of aliphatic hydroxyl groups excluding tert-OH is 1. The lowest BCUT2D eigenvalue weighted by atomic mass is 10.0. The normalized spacial score (nSPS) is 15.7. The second kappa shape index (κ2) is 3.51. The molecule has 1 atom stereocenters. The highest BCUT2D eigenvalue weighted by atomic mass is 79.9. The molecule has 0 aliphatic rings. The summed E-state index contributed by atoms with van der Waals surface area (Å²) in [6.45, 7) is 1.18. The van der Waals surface area contributed by atoms with Crippen LogP contribution in [0.1, 0.15) is 12.6 Å². The van der Waals surface area contributed by atoms with Crippen LogP contribution in [0.25, 0.3) is 0 Å². The van der Waals surface area contributed by atoms with Gasteiger partial charge in [-0.25, -0.2) is 4.98 Å². The molecule has 1 aromatic heterocycles. The number of hydrogen-bond acceptors (Lipinski definition) is 3. The summed E-state index contributed by atoms with van der Waals surface area (Å²) < 4.78 is 0.647. The average Bonchev–Trinajstić information content (AvgIpc) is 2.05. The highest BCUT2D eigenvalue weighted by molar-refractivity contribution is 9.10. The molecule has 1 heterocycles. The molecule has 0 aliphatic carbocycles. The Kier molecular flexibility index (Phi) is 2.82. The first-order chi connectivity index (χ1) is 5.56. The maximum atomic E-state index is 9.59. The molecule has 1 aromatic rings. The third-order valence-electron chi connectivity index (χ3n) is 1.57. The lowest BCUT2D eigenvalue weighted by Crippen LogP contribution is -2.27. The van der Waals surface area contributed by atoms with E-state index in [2.05, 4.69) is 20.9 Å². The molecular weight excluding hydrogens is 222 g/mol. The van der Waals surface area contributed by atoms with Gasteiger partial charge in [0.25, 0.3) is 0 Å². The van der Waals surface area contributed by atoms with E-state index in [1.807, 2.05) is 0 Å². The second-order valence-corrected chi connectivity index (χ2v) is 3.59. The molecule has 0 fully saturated rings. The van der Waals surface area contributed by atoms with E-state index in [4.69, 9.17) is 5.11 Å². The van der Waals surface area contributed by atoms with Gasteiger partial charge >= 0.3 is 0 Å². The van der Waals surface area contributed by atoms with Gasteiger partial charge in [0.1, 0.15) is 10.2 Å². The fourth-order valence-corrected chi connectivity index (χ4v) is 1.13. The van der Waals surface area contributed by atoms with Crippen LogP contribution in [0.3, 0.4) is 0 Å². The number of rotatable bonds is 2. The Hall–Kier alpha value is -0.450. The zero-order chi connectivity index (χ0) is 9.19. The third-order valence-corrected chi connectivity index (χ3v) is 2.02. The van der Waals surface area contributed by atoms with Crippen molar-refractivity contribution in [1.29, 1.82) is 0 Å². The Balaban J connectivity index is 3.03. The highest BCUT2D eigenvalue weighted by Gasteiger charge is 2.23. The molecule has 0 aliphatic heterocycles. The highest BCUT2D eigenvalue weighted by Crippen LogP contribution is 2.18. The van der Waals surface area contributed by atoms with Crippen LogP contribution in [-0.2, 0) is 5.60 Å². The van der Waals surface area contributed by atoms with Crippen LogP contribution < -0.4 is 0 Å². The Morgan fingerprint density at radius 2 is 2.25 bits per heavy atom. The van der Waals surface area contributed by atoms with E-state index in [0.717, 1.165) is 0 Å². The van der Waals surface area contributed by atoms with Crippen LogP contribution in [0.4, 0.5) is 0 Å². The Morgan fingerprint density at radius 1 is 1.58 bits per heavy atom. The van der Waals surface area contributed by atoms with Gasteiger partial charge in [-0.2, -0.15) is 0 Å². The van der Waals surface area contributed by atoms with E-state index in [1.165, 1.54) is 6.92 Å². The Bertz CT molecular complexity index is 276. The molecule has 3 nitrogen and oxygen atoms in total. The monoisotopic (exact) mass is 231 g/mol. The van der Waals surface area contributed by atoms with E-state index >= 15 is 0 Å². The largest absolute Gasteiger partial charge is 0.393 e. The Morgan fingerprint density at radius 3 is 2.75 bits per heavy atom. The van der Waals surface area contributed by atoms with Crippen LogP contribution in [0, 0.1) is 0 Å². The first-order valence-corrected chi connectivity index (χ1v) is 4.32. The fraction of sp³-hybridized carbons (Fsp3) is 0.375. The van der Waals surface area contributed by atoms with Gasteiger partial charge in [0.2, 0.25) is 0 Å². The van der Waals surface area contributed by atoms with Gasteiger partial charge in [0.15, 0.2) is 0 Å². The Labute approximate surface area is 79.2 Å². The summed E-state index contributed by atoms with van der Waals surface area (Å²) in [6.07, 6.45) is 0. The summed E-state index contributed by atoms with van der Waals surface area (Å²) >= 11 is 3.18. The minimum atomic E-state index is -1.26. The molecule has 0 unspecified atom stereocenters. The molecule has 0 radical (unpaired) electrons. The van der Waals surface area contributed by atoms with Crippen molar-refractivity contribution in [2.45, 2.75) is 12.5 Å². The SMILES string of the molecule is C[C@](O)(CO)c1cccc(Br)n1. The molecule has 0 spiro atoms. The lowest BCUT2D eigenvalue weighted by Gasteiger charge is -2.19. The van der Waals surface area contributed by atoms with E-state index in [-0.39, 0.29) is 6.61 Å². The van der Waals surface area contributed by atoms with Crippen LogP contribution >= 0.6 is 15.9 Å². The van der Waals surface area contributed by atoms with Gasteiger partial charge in [-0.05, 0) is 35.0 Å². The van der Waals surface area contributed by atoms with Crippen molar-refractivity contribution in [2.75, 3.05) is 6.61 Å². The van der Waals surface area contributed by atoms with Gasteiger partial charge in [0.05, 0.1) is 12.3 Å². The van der Waals surface area contributed by atoms with E-state index in [0.29, 0.717) is 10.3 Å². The van der Waals surface area contributed by atoms with Gasteiger partial charge in [-0.3, -0.25) is 0 Å². The van der Waals surface area contributed by atoms with E-state index in [9.17, 15) is 5.11 Å². The zero-order valence-electron chi connectivity index (χ0n) is 6.66. The maximum Gasteiger partial charge on any atom is 0.127 e. The number of nitrogens with zero attached hydrogens (tertiary/aromatic N) is 1. The van der Waals surface area contributed by atoms with Crippen LogP contribution in [0.2, 0.25) is 0 Å². The summed E-state index contributed by atoms with van der Waals surface area (Å²) in [5, 5.41) is 18.4. The summed E-state index contributed by atoms with van der Waals surface area (Å²) in [5.41, 5.74) is -0.802. The summed E-state index contributed by atoms with van der Waals surface area (Å²) in [6, 6.07) is 5.19. The van der Waals surface area contributed by atoms with Crippen molar-refractivity contribution in [3.63, 3.8) is 0 Å². The van der Waals surface area contributed by atoms with Crippen molar-refractivity contribution in [3.05, 3.63) is 28.5 Å². The number of aliphatic hydroxyl groups is 2. The van der Waals surface area contributed by atoms with Gasteiger partial charge in [-0.15, -0.1) is 0 Å². The van der Waals surface area contributed by atoms with Gasteiger partial charge in [0, 0.05) is 0 Å². The zero-order valence-corrected chi connectivity index (χ0v) is 8.24. The van der Waals surface area contributed by atoms with Crippen molar-refractivity contribution in [2.24, 2.45) is 0 Å². The van der Waals surface area contributed by atoms with E-state index in [1.54, 1.807) is 18.2 Å². The molecule has 4 heteroatoms. The predicted molar refractivity (Wildman–Crippen MR) is 48.6 cm³/mol. The molecule has 0 aromatic carbocycles. The van der Waals surface area contributed by atoms with Crippen LogP contribution in [-0.4, -0.2) is 21.8 Å². The maximum absolute atomic E-state index is 9.59. The topological polar surface area (TPSA) is 53.4 Å². The lowest BCUT2D eigenvalue weighted by molar-refractivity contribution is -0.00596. The molecule has 66 valence electrons. The smallest absolute Gasteiger partial charge is 0.127 e. The molecule has 0 bridgehead atoms.